The Kier molecular flexibility index (Phi) is 6.15. The van der Waals surface area contributed by atoms with Crippen LogP contribution in [0.15, 0.2) is 63.9 Å². The highest BCUT2D eigenvalue weighted by molar-refractivity contribution is 9.10. The number of nitriles is 1. The summed E-state index contributed by atoms with van der Waals surface area (Å²) in [6, 6.07) is 18.0. The molecule has 0 bridgehead atoms. The highest BCUT2D eigenvalue weighted by Gasteiger charge is 2.13. The summed E-state index contributed by atoms with van der Waals surface area (Å²) < 4.78 is 7.80. The van der Waals surface area contributed by atoms with Gasteiger partial charge in [-0.15, -0.1) is 0 Å². The largest absolute Gasteiger partial charge is 0.489 e. The third kappa shape index (κ3) is 4.73. The second-order valence-corrected chi connectivity index (χ2v) is 7.40. The number of hydrogen-bond donors (Lipinski definition) is 1. The Labute approximate surface area is 176 Å². The number of hydrogen-bond acceptors (Lipinski definition) is 4. The molecule has 1 N–H and O–H groups in total. The molecule has 3 rings (SSSR count). The smallest absolute Gasteiger partial charge is 0.287 e. The number of nitrogens with one attached hydrogen (secondary N) is 1. The van der Waals surface area contributed by atoms with Gasteiger partial charge >= 0.3 is 0 Å². The predicted molar refractivity (Wildman–Crippen MR) is 113 cm³/mol. The first kappa shape index (κ1) is 20.4. The van der Waals surface area contributed by atoms with Crippen molar-refractivity contribution in [3.8, 4) is 11.8 Å². The van der Waals surface area contributed by atoms with Gasteiger partial charge in [-0.3, -0.25) is 15.0 Å². The van der Waals surface area contributed by atoms with Gasteiger partial charge in [-0.1, -0.05) is 28.1 Å². The minimum absolute atomic E-state index is 0.00699. The standard InChI is InChI=1S/C22H18BrN3O3/c1-14-10-15(2)26(22(28)20(14)12-24)25-21(27)17-5-3-4-16(11-17)13-29-19-8-6-18(23)7-9-19/h3-11H,13H2,1-2H3,(H,25,27). The predicted octanol–water partition coefficient (Wildman–Crippen LogP) is 4.06. The van der Waals surface area contributed by atoms with Crippen LogP contribution in [0.2, 0.25) is 0 Å². The van der Waals surface area contributed by atoms with Crippen LogP contribution >= 0.6 is 15.9 Å². The van der Waals surface area contributed by atoms with E-state index in [-0.39, 0.29) is 5.56 Å². The summed E-state index contributed by atoms with van der Waals surface area (Å²) in [6.45, 7) is 3.68. The quantitative estimate of drug-likeness (QED) is 0.633. The van der Waals surface area contributed by atoms with Crippen molar-refractivity contribution in [1.82, 2.24) is 4.68 Å². The molecular weight excluding hydrogens is 434 g/mol. The fourth-order valence-corrected chi connectivity index (χ4v) is 3.10. The van der Waals surface area contributed by atoms with Crippen molar-refractivity contribution in [1.29, 1.82) is 5.26 Å². The Morgan fingerprint density at radius 1 is 1.17 bits per heavy atom. The molecular formula is C22H18BrN3O3. The van der Waals surface area contributed by atoms with Crippen LogP contribution in [0, 0.1) is 25.2 Å². The van der Waals surface area contributed by atoms with Crippen LogP contribution in [0.1, 0.15) is 32.7 Å². The summed E-state index contributed by atoms with van der Waals surface area (Å²) in [7, 11) is 0. The molecule has 6 nitrogen and oxygen atoms in total. The topological polar surface area (TPSA) is 84.1 Å². The number of aromatic nitrogens is 1. The zero-order valence-electron chi connectivity index (χ0n) is 15.9. The lowest BCUT2D eigenvalue weighted by atomic mass is 10.1. The molecule has 0 radical (unpaired) electrons. The monoisotopic (exact) mass is 451 g/mol. The molecule has 2 aromatic carbocycles. The fraction of sp³-hybridized carbons (Fsp3) is 0.136. The maximum atomic E-state index is 12.7. The minimum atomic E-state index is -0.548. The highest BCUT2D eigenvalue weighted by Crippen LogP contribution is 2.18. The first-order valence-corrected chi connectivity index (χ1v) is 9.60. The van der Waals surface area contributed by atoms with E-state index in [2.05, 4.69) is 21.4 Å². The van der Waals surface area contributed by atoms with Crippen molar-refractivity contribution in [2.75, 3.05) is 5.43 Å². The molecule has 0 unspecified atom stereocenters. The minimum Gasteiger partial charge on any atom is -0.489 e. The number of nitrogens with zero attached hydrogens (tertiary/aromatic N) is 2. The van der Waals surface area contributed by atoms with E-state index < -0.39 is 11.5 Å². The highest BCUT2D eigenvalue weighted by atomic mass is 79.9. The van der Waals surface area contributed by atoms with Gasteiger partial charge in [-0.05, 0) is 67.4 Å². The van der Waals surface area contributed by atoms with Crippen LogP contribution in [-0.4, -0.2) is 10.6 Å². The Morgan fingerprint density at radius 3 is 2.59 bits per heavy atom. The Hall–Kier alpha value is -3.37. The van der Waals surface area contributed by atoms with E-state index in [0.717, 1.165) is 14.7 Å². The van der Waals surface area contributed by atoms with Gasteiger partial charge in [-0.2, -0.15) is 5.26 Å². The van der Waals surface area contributed by atoms with E-state index in [4.69, 9.17) is 4.74 Å². The van der Waals surface area contributed by atoms with Gasteiger partial charge in [0.25, 0.3) is 11.5 Å². The van der Waals surface area contributed by atoms with Crippen molar-refractivity contribution < 1.29 is 9.53 Å². The molecule has 0 saturated carbocycles. The summed E-state index contributed by atoms with van der Waals surface area (Å²) in [5, 5.41) is 9.18. The molecule has 146 valence electrons. The zero-order valence-corrected chi connectivity index (χ0v) is 17.5. The second-order valence-electron chi connectivity index (χ2n) is 6.48. The molecule has 0 spiro atoms. The molecule has 1 aromatic heterocycles. The summed E-state index contributed by atoms with van der Waals surface area (Å²) >= 11 is 3.38. The van der Waals surface area contributed by atoms with Gasteiger partial charge in [0.1, 0.15) is 24.0 Å². The summed E-state index contributed by atoms with van der Waals surface area (Å²) in [5.41, 5.74) is 4.34. The Balaban J connectivity index is 1.77. The van der Waals surface area contributed by atoms with E-state index in [9.17, 15) is 14.9 Å². The number of benzene rings is 2. The SMILES string of the molecule is Cc1cc(C)n(NC(=O)c2cccc(COc3ccc(Br)cc3)c2)c(=O)c1C#N. The molecule has 1 amide bonds. The van der Waals surface area contributed by atoms with Gasteiger partial charge in [-0.25, -0.2) is 4.68 Å². The van der Waals surface area contributed by atoms with E-state index in [1.165, 1.54) is 0 Å². The molecule has 1 heterocycles. The number of carbonyl (C=O) groups is 1. The molecule has 7 heteroatoms. The van der Waals surface area contributed by atoms with Crippen LogP contribution in [0.5, 0.6) is 5.75 Å². The average Bonchev–Trinajstić information content (AvgIpc) is 2.71. The number of pyridine rings is 1. The summed E-state index contributed by atoms with van der Waals surface area (Å²) in [5.74, 6) is 0.266. The van der Waals surface area contributed by atoms with Gasteiger partial charge < -0.3 is 4.74 Å². The molecule has 0 atom stereocenters. The van der Waals surface area contributed by atoms with Crippen molar-refractivity contribution in [3.05, 3.63) is 97.4 Å². The molecule has 0 fully saturated rings. The lowest BCUT2D eigenvalue weighted by Gasteiger charge is -2.13. The number of rotatable bonds is 5. The molecule has 29 heavy (non-hydrogen) atoms. The Bertz CT molecular complexity index is 1160. The number of halogens is 1. The number of carbonyl (C=O) groups excluding carboxylic acids is 1. The normalized spacial score (nSPS) is 10.3. The van der Waals surface area contributed by atoms with E-state index in [0.29, 0.717) is 29.2 Å². The van der Waals surface area contributed by atoms with Crippen LogP contribution in [0.25, 0.3) is 0 Å². The summed E-state index contributed by atoms with van der Waals surface area (Å²) in [4.78, 5) is 25.1. The lowest BCUT2D eigenvalue weighted by molar-refractivity contribution is 0.101. The van der Waals surface area contributed by atoms with E-state index in [1.54, 1.807) is 38.1 Å². The van der Waals surface area contributed by atoms with Crippen LogP contribution in [-0.2, 0) is 6.61 Å². The summed E-state index contributed by atoms with van der Waals surface area (Å²) in [6.07, 6.45) is 0. The fourth-order valence-electron chi connectivity index (χ4n) is 2.83. The van der Waals surface area contributed by atoms with Crippen LogP contribution < -0.4 is 15.7 Å². The average molecular weight is 452 g/mol. The first-order valence-electron chi connectivity index (χ1n) is 8.81. The van der Waals surface area contributed by atoms with Crippen molar-refractivity contribution in [2.24, 2.45) is 0 Å². The third-order valence-corrected chi connectivity index (χ3v) is 4.85. The number of ether oxygens (including phenoxy) is 1. The van der Waals surface area contributed by atoms with Gasteiger partial charge in [0.15, 0.2) is 0 Å². The van der Waals surface area contributed by atoms with Crippen LogP contribution in [0.4, 0.5) is 0 Å². The lowest BCUT2D eigenvalue weighted by Crippen LogP contribution is -2.36. The van der Waals surface area contributed by atoms with Crippen LogP contribution in [0.3, 0.4) is 0 Å². The van der Waals surface area contributed by atoms with Gasteiger partial charge in [0.05, 0.1) is 0 Å². The van der Waals surface area contributed by atoms with E-state index in [1.807, 2.05) is 36.4 Å². The maximum Gasteiger partial charge on any atom is 0.287 e. The molecule has 0 aliphatic carbocycles. The molecule has 0 aliphatic heterocycles. The first-order chi connectivity index (χ1) is 13.9. The number of amides is 1. The molecule has 0 aliphatic rings. The molecule has 0 saturated heterocycles. The van der Waals surface area contributed by atoms with Crippen molar-refractivity contribution >= 4 is 21.8 Å². The molecule has 3 aromatic rings. The van der Waals surface area contributed by atoms with Gasteiger partial charge in [0.2, 0.25) is 0 Å². The van der Waals surface area contributed by atoms with E-state index >= 15 is 0 Å². The Morgan fingerprint density at radius 2 is 1.90 bits per heavy atom. The zero-order chi connectivity index (χ0) is 21.0. The van der Waals surface area contributed by atoms with Crippen molar-refractivity contribution in [3.63, 3.8) is 0 Å². The van der Waals surface area contributed by atoms with Crippen molar-refractivity contribution in [2.45, 2.75) is 20.5 Å². The van der Waals surface area contributed by atoms with Gasteiger partial charge in [0, 0.05) is 15.7 Å². The number of aryl methyl sites for hydroxylation is 2. The third-order valence-electron chi connectivity index (χ3n) is 4.32. The maximum absolute atomic E-state index is 12.7. The second kappa shape index (κ2) is 8.76.